The van der Waals surface area contributed by atoms with Gasteiger partial charge in [0.25, 0.3) is 0 Å². The van der Waals surface area contributed by atoms with Crippen molar-refractivity contribution in [1.82, 2.24) is 0 Å². The van der Waals surface area contributed by atoms with E-state index >= 15 is 0 Å². The van der Waals surface area contributed by atoms with Crippen LogP contribution in [0.4, 0.5) is 5.69 Å². The number of hydrogen-bond acceptors (Lipinski definition) is 4. The van der Waals surface area contributed by atoms with E-state index in [9.17, 15) is 4.79 Å². The summed E-state index contributed by atoms with van der Waals surface area (Å²) in [5.41, 5.74) is 4.86. The Kier molecular flexibility index (Phi) is 14.6. The highest BCUT2D eigenvalue weighted by Gasteiger charge is 2.16. The zero-order chi connectivity index (χ0) is 28.4. The highest BCUT2D eigenvalue weighted by atomic mass is 32.1. The quantitative estimate of drug-likeness (QED) is 0.110. The summed E-state index contributed by atoms with van der Waals surface area (Å²) >= 11 is 1.72. The molecule has 1 N–H and O–H groups in total. The minimum Gasteiger partial charge on any atom is -0.493 e. The second kappa shape index (κ2) is 18.5. The molecule has 0 fully saturated rings. The number of nitrogens with zero attached hydrogens (tertiary/aromatic N) is 1. The third-order valence-corrected chi connectivity index (χ3v) is 8.10. The molecule has 3 rings (SSSR count). The summed E-state index contributed by atoms with van der Waals surface area (Å²) in [4.78, 5) is 14.4. The molecule has 1 amide bonds. The van der Waals surface area contributed by atoms with Crippen molar-refractivity contribution in [3.63, 3.8) is 0 Å². The van der Waals surface area contributed by atoms with Gasteiger partial charge in [-0.1, -0.05) is 119 Å². The second-order valence-corrected chi connectivity index (χ2v) is 11.8. The van der Waals surface area contributed by atoms with Gasteiger partial charge in [-0.25, -0.2) is 0 Å². The van der Waals surface area contributed by atoms with Gasteiger partial charge in [-0.2, -0.15) is 4.57 Å². The van der Waals surface area contributed by atoms with Gasteiger partial charge in [-0.15, -0.1) is 0 Å². The summed E-state index contributed by atoms with van der Waals surface area (Å²) in [6.07, 6.45) is 18.1. The number of amides is 1. The number of aromatic nitrogens is 1. The van der Waals surface area contributed by atoms with Gasteiger partial charge in [0.05, 0.1) is 30.7 Å². The average Bonchev–Trinajstić information content (AvgIpc) is 3.37. The van der Waals surface area contributed by atoms with Gasteiger partial charge in [0.1, 0.15) is 0 Å². The van der Waals surface area contributed by atoms with Crippen molar-refractivity contribution in [2.75, 3.05) is 19.0 Å². The van der Waals surface area contributed by atoms with E-state index < -0.39 is 0 Å². The molecule has 0 bridgehead atoms. The van der Waals surface area contributed by atoms with Gasteiger partial charge in [-0.3, -0.25) is 4.79 Å². The van der Waals surface area contributed by atoms with E-state index in [2.05, 4.69) is 41.5 Å². The SMILES string of the molecule is CCCCCCCCCCCCCCOc1c(CC(=O)Nc2ccccc2C[n+]2csc(C)c2)cccc1OC. The maximum absolute atomic E-state index is 13.1. The zero-order valence-corrected chi connectivity index (χ0v) is 25.7. The number of thiazole rings is 1. The first kappa shape index (κ1) is 31.7. The molecule has 0 aliphatic rings. The number of ether oxygens (including phenoxy) is 2. The summed E-state index contributed by atoms with van der Waals surface area (Å²) in [5.74, 6) is 1.29. The summed E-state index contributed by atoms with van der Waals surface area (Å²) in [6.45, 7) is 5.72. The lowest BCUT2D eigenvalue weighted by molar-refractivity contribution is -0.683. The first-order valence-corrected chi connectivity index (χ1v) is 16.1. The maximum atomic E-state index is 13.1. The van der Waals surface area contributed by atoms with E-state index in [0.717, 1.165) is 23.2 Å². The fraction of sp³-hybridized carbons (Fsp3) is 0.529. The third kappa shape index (κ3) is 11.3. The Morgan fingerprint density at radius 3 is 2.15 bits per heavy atom. The Bertz CT molecular complexity index is 1140. The molecule has 5 nitrogen and oxygen atoms in total. The zero-order valence-electron chi connectivity index (χ0n) is 24.9. The molecular formula is C34H49N2O3S+. The molecule has 2 aromatic carbocycles. The fourth-order valence-corrected chi connectivity index (χ4v) is 5.65. The van der Waals surface area contributed by atoms with Crippen molar-refractivity contribution >= 4 is 22.9 Å². The van der Waals surface area contributed by atoms with E-state index in [1.54, 1.807) is 18.4 Å². The Labute approximate surface area is 245 Å². The minimum absolute atomic E-state index is 0.0672. The van der Waals surface area contributed by atoms with Crippen molar-refractivity contribution in [2.45, 2.75) is 104 Å². The van der Waals surface area contributed by atoms with Crippen molar-refractivity contribution in [2.24, 2.45) is 0 Å². The Morgan fingerprint density at radius 1 is 0.850 bits per heavy atom. The van der Waals surface area contributed by atoms with E-state index in [1.807, 2.05) is 36.4 Å². The lowest BCUT2D eigenvalue weighted by Crippen LogP contribution is -2.31. The lowest BCUT2D eigenvalue weighted by atomic mass is 10.1. The number of benzene rings is 2. The largest absolute Gasteiger partial charge is 0.493 e. The fourth-order valence-electron chi connectivity index (χ4n) is 5.01. The van der Waals surface area contributed by atoms with Gasteiger partial charge in [-0.05, 0) is 25.5 Å². The molecule has 1 heterocycles. The predicted molar refractivity (Wildman–Crippen MR) is 167 cm³/mol. The second-order valence-electron chi connectivity index (χ2n) is 10.7. The van der Waals surface area contributed by atoms with Gasteiger partial charge in [0.2, 0.25) is 11.4 Å². The van der Waals surface area contributed by atoms with Crippen molar-refractivity contribution in [3.05, 3.63) is 70.2 Å². The summed E-state index contributed by atoms with van der Waals surface area (Å²) in [7, 11) is 1.65. The molecule has 0 spiro atoms. The van der Waals surface area contributed by atoms with Crippen LogP contribution in [-0.4, -0.2) is 19.6 Å². The first-order chi connectivity index (χ1) is 19.6. The summed E-state index contributed by atoms with van der Waals surface area (Å²) in [5, 5.41) is 3.12. The highest BCUT2D eigenvalue weighted by molar-refractivity contribution is 7.09. The first-order valence-electron chi connectivity index (χ1n) is 15.2. The van der Waals surface area contributed by atoms with Crippen LogP contribution in [0.2, 0.25) is 0 Å². The maximum Gasteiger partial charge on any atom is 0.228 e. The topological polar surface area (TPSA) is 51.4 Å². The molecule has 0 atom stereocenters. The smallest absolute Gasteiger partial charge is 0.228 e. The van der Waals surface area contributed by atoms with E-state index in [1.165, 1.54) is 75.5 Å². The molecule has 218 valence electrons. The Balaban J connectivity index is 1.43. The number of hydrogen-bond donors (Lipinski definition) is 1. The van der Waals surface area contributed by atoms with E-state index in [0.29, 0.717) is 24.7 Å². The van der Waals surface area contributed by atoms with Crippen LogP contribution < -0.4 is 19.4 Å². The van der Waals surface area contributed by atoms with Crippen molar-refractivity contribution in [3.8, 4) is 11.5 Å². The van der Waals surface area contributed by atoms with Crippen LogP contribution in [0.15, 0.2) is 54.2 Å². The van der Waals surface area contributed by atoms with Crippen molar-refractivity contribution in [1.29, 1.82) is 0 Å². The average molecular weight is 566 g/mol. The van der Waals surface area contributed by atoms with Crippen LogP contribution in [0.5, 0.6) is 11.5 Å². The number of rotatable bonds is 20. The predicted octanol–water partition coefficient (Wildman–Crippen LogP) is 8.66. The van der Waals surface area contributed by atoms with Crippen molar-refractivity contribution < 1.29 is 18.8 Å². The van der Waals surface area contributed by atoms with Gasteiger partial charge in [0, 0.05) is 11.1 Å². The monoisotopic (exact) mass is 565 g/mol. The summed E-state index contributed by atoms with van der Waals surface area (Å²) in [6, 6.07) is 13.8. The standard InChI is InChI=1S/C34H48N2O3S/c1-4-5-6-7-8-9-10-11-12-13-14-17-23-39-34-29(20-18-22-32(34)38-3)24-33(37)35-31-21-16-15-19-30(31)26-36-25-28(2)40-27-36/h15-16,18-22,25,27H,4-14,17,23-24,26H2,1-3H3/p+1. The van der Waals surface area contributed by atoms with Crippen LogP contribution in [-0.2, 0) is 17.8 Å². The van der Waals surface area contributed by atoms with Gasteiger partial charge in [0.15, 0.2) is 24.2 Å². The third-order valence-electron chi connectivity index (χ3n) is 7.24. The number of para-hydroxylation sites is 2. The van der Waals surface area contributed by atoms with Gasteiger partial charge < -0.3 is 14.8 Å². The van der Waals surface area contributed by atoms with Crippen LogP contribution in [0.25, 0.3) is 0 Å². The van der Waals surface area contributed by atoms with E-state index in [-0.39, 0.29) is 12.3 Å². The molecular weight excluding hydrogens is 516 g/mol. The number of unbranched alkanes of at least 4 members (excludes halogenated alkanes) is 11. The summed E-state index contributed by atoms with van der Waals surface area (Å²) < 4.78 is 13.9. The molecule has 0 aliphatic carbocycles. The molecule has 6 heteroatoms. The number of carbonyl (C=O) groups is 1. The number of nitrogens with one attached hydrogen (secondary N) is 1. The molecule has 0 radical (unpaired) electrons. The molecule has 3 aromatic rings. The van der Waals surface area contributed by atoms with Crippen LogP contribution in [0.3, 0.4) is 0 Å². The number of methoxy groups -OCH3 is 1. The molecule has 40 heavy (non-hydrogen) atoms. The molecule has 1 aromatic heterocycles. The number of carbonyl (C=O) groups excluding carboxylic acids is 1. The Hall–Kier alpha value is -2.86. The minimum atomic E-state index is -0.0672. The van der Waals surface area contributed by atoms with E-state index in [4.69, 9.17) is 9.47 Å². The normalized spacial score (nSPS) is 11.0. The van der Waals surface area contributed by atoms with Crippen LogP contribution in [0.1, 0.15) is 100.0 Å². The molecule has 0 unspecified atom stereocenters. The number of aryl methyl sites for hydroxylation is 1. The van der Waals surface area contributed by atoms with Crippen LogP contribution in [0, 0.1) is 6.92 Å². The molecule has 0 saturated carbocycles. The Morgan fingerprint density at radius 2 is 1.50 bits per heavy atom. The highest BCUT2D eigenvalue weighted by Crippen LogP contribution is 2.32. The van der Waals surface area contributed by atoms with Crippen LogP contribution >= 0.6 is 11.3 Å². The number of anilines is 1. The lowest BCUT2D eigenvalue weighted by Gasteiger charge is -2.15. The van der Waals surface area contributed by atoms with Gasteiger partial charge >= 0.3 is 0 Å². The molecule has 0 aliphatic heterocycles. The molecule has 0 saturated heterocycles.